The summed E-state index contributed by atoms with van der Waals surface area (Å²) in [5.74, 6) is 0.134. The first-order chi connectivity index (χ1) is 7.88. The molecule has 0 radical (unpaired) electrons. The van der Waals surface area contributed by atoms with E-state index in [0.717, 1.165) is 18.2 Å². The summed E-state index contributed by atoms with van der Waals surface area (Å²) in [7, 11) is 0. The molecule has 17 heavy (non-hydrogen) atoms. The van der Waals surface area contributed by atoms with Crippen LogP contribution in [-0.4, -0.2) is 5.88 Å². The summed E-state index contributed by atoms with van der Waals surface area (Å²) < 4.78 is 63.2. The van der Waals surface area contributed by atoms with Gasteiger partial charge in [-0.3, -0.25) is 0 Å². The van der Waals surface area contributed by atoms with Crippen LogP contribution in [0, 0.1) is 0 Å². The number of halogens is 6. The second kappa shape index (κ2) is 5.67. The summed E-state index contributed by atoms with van der Waals surface area (Å²) in [6.07, 6.45) is -7.40. The van der Waals surface area contributed by atoms with Crippen LogP contribution in [0.1, 0.15) is 29.5 Å². The molecule has 1 aromatic carbocycles. The summed E-state index contributed by atoms with van der Waals surface area (Å²) in [5, 5.41) is 0. The van der Waals surface area contributed by atoms with Crippen LogP contribution in [0.3, 0.4) is 0 Å². The largest absolute Gasteiger partial charge is 0.416 e. The van der Waals surface area contributed by atoms with Crippen molar-refractivity contribution in [2.24, 2.45) is 0 Å². The maximum absolute atomic E-state index is 12.6. The van der Waals surface area contributed by atoms with Gasteiger partial charge in [-0.1, -0.05) is 12.1 Å². The minimum absolute atomic E-state index is 0.0984. The molecular weight excluding hydrogens is 263 g/mol. The van der Waals surface area contributed by atoms with E-state index in [-0.39, 0.29) is 24.3 Å². The molecule has 0 atom stereocenters. The van der Waals surface area contributed by atoms with Gasteiger partial charge in [0.2, 0.25) is 0 Å². The van der Waals surface area contributed by atoms with Gasteiger partial charge >= 0.3 is 6.18 Å². The molecule has 0 aromatic heterocycles. The van der Waals surface area contributed by atoms with Gasteiger partial charge < -0.3 is 0 Å². The summed E-state index contributed by atoms with van der Waals surface area (Å²) in [6, 6.07) is 2.83. The van der Waals surface area contributed by atoms with Crippen molar-refractivity contribution in [1.82, 2.24) is 0 Å². The van der Waals surface area contributed by atoms with Crippen LogP contribution >= 0.6 is 11.6 Å². The average Bonchev–Trinajstić information content (AvgIpc) is 2.24. The van der Waals surface area contributed by atoms with Gasteiger partial charge in [0.15, 0.2) is 0 Å². The summed E-state index contributed by atoms with van der Waals surface area (Å²) in [5.41, 5.74) is -1.92. The second-order valence-corrected chi connectivity index (χ2v) is 3.84. The number of rotatable bonds is 4. The highest BCUT2D eigenvalue weighted by molar-refractivity contribution is 6.17. The zero-order chi connectivity index (χ0) is 13.1. The first kappa shape index (κ1) is 14.2. The quantitative estimate of drug-likeness (QED) is 0.545. The Morgan fingerprint density at radius 2 is 1.82 bits per heavy atom. The van der Waals surface area contributed by atoms with Gasteiger partial charge in [-0.2, -0.15) is 13.2 Å². The van der Waals surface area contributed by atoms with Crippen molar-refractivity contribution in [2.75, 3.05) is 5.88 Å². The van der Waals surface area contributed by atoms with E-state index in [1.807, 2.05) is 0 Å². The Kier molecular flexibility index (Phi) is 4.74. The lowest BCUT2D eigenvalue weighted by atomic mass is 9.97. The van der Waals surface area contributed by atoms with Crippen molar-refractivity contribution in [1.29, 1.82) is 0 Å². The summed E-state index contributed by atoms with van der Waals surface area (Å²) in [6.45, 7) is 0. The van der Waals surface area contributed by atoms with Gasteiger partial charge in [0.1, 0.15) is 0 Å². The molecule has 0 spiro atoms. The van der Waals surface area contributed by atoms with Crippen LogP contribution in [0.5, 0.6) is 0 Å². The third-order valence-electron chi connectivity index (χ3n) is 2.31. The lowest BCUT2D eigenvalue weighted by molar-refractivity contribution is -0.138. The Hall–Kier alpha value is -0.840. The van der Waals surface area contributed by atoms with Crippen molar-refractivity contribution in [3.05, 3.63) is 34.9 Å². The molecule has 0 saturated carbocycles. The zero-order valence-corrected chi connectivity index (χ0v) is 9.45. The van der Waals surface area contributed by atoms with Crippen LogP contribution in [0.4, 0.5) is 22.0 Å². The minimum atomic E-state index is -4.62. The Bertz CT molecular complexity index is 373. The molecule has 0 unspecified atom stereocenters. The first-order valence-corrected chi connectivity index (χ1v) is 5.44. The van der Waals surface area contributed by atoms with E-state index in [1.165, 1.54) is 0 Å². The molecule has 0 aliphatic rings. The van der Waals surface area contributed by atoms with Crippen molar-refractivity contribution < 1.29 is 22.0 Å². The molecule has 0 N–H and O–H groups in total. The van der Waals surface area contributed by atoms with E-state index >= 15 is 0 Å². The van der Waals surface area contributed by atoms with Gasteiger partial charge in [-0.05, 0) is 24.5 Å². The summed E-state index contributed by atoms with van der Waals surface area (Å²) >= 11 is 5.38. The third-order valence-corrected chi connectivity index (χ3v) is 2.58. The van der Waals surface area contributed by atoms with E-state index < -0.39 is 23.7 Å². The van der Waals surface area contributed by atoms with Gasteiger partial charge in [-0.15, -0.1) is 11.6 Å². The fourth-order valence-electron chi connectivity index (χ4n) is 1.60. The summed E-state index contributed by atoms with van der Waals surface area (Å²) in [4.78, 5) is 0. The molecule has 0 nitrogen and oxygen atoms in total. The SMILES string of the molecule is FC(F)c1cccc(C(F)(F)F)c1CCCCl. The molecule has 0 amide bonds. The van der Waals surface area contributed by atoms with E-state index in [2.05, 4.69) is 0 Å². The lowest BCUT2D eigenvalue weighted by Crippen LogP contribution is -2.12. The van der Waals surface area contributed by atoms with Crippen LogP contribution in [0.2, 0.25) is 0 Å². The van der Waals surface area contributed by atoms with Crippen LogP contribution in [0.25, 0.3) is 0 Å². The van der Waals surface area contributed by atoms with Crippen molar-refractivity contribution in [3.63, 3.8) is 0 Å². The Labute approximate surface area is 100 Å². The third kappa shape index (κ3) is 3.56. The number of hydrogen-bond acceptors (Lipinski definition) is 0. The topological polar surface area (TPSA) is 0 Å². The van der Waals surface area contributed by atoms with Crippen LogP contribution in [0.15, 0.2) is 18.2 Å². The normalized spacial score (nSPS) is 12.2. The molecule has 0 fully saturated rings. The van der Waals surface area contributed by atoms with E-state index in [4.69, 9.17) is 11.6 Å². The molecule has 1 aromatic rings. The van der Waals surface area contributed by atoms with Gasteiger partial charge in [0.25, 0.3) is 6.43 Å². The molecule has 0 aliphatic carbocycles. The number of benzene rings is 1. The Morgan fingerprint density at radius 1 is 1.18 bits per heavy atom. The highest BCUT2D eigenvalue weighted by Crippen LogP contribution is 2.36. The average molecular weight is 273 g/mol. The van der Waals surface area contributed by atoms with E-state index in [9.17, 15) is 22.0 Å². The predicted octanol–water partition coefficient (Wildman–Crippen LogP) is 4.81. The molecule has 0 heterocycles. The van der Waals surface area contributed by atoms with Crippen LogP contribution in [-0.2, 0) is 12.6 Å². The molecule has 6 heteroatoms. The molecule has 0 saturated heterocycles. The zero-order valence-electron chi connectivity index (χ0n) is 8.70. The van der Waals surface area contributed by atoms with E-state index in [0.29, 0.717) is 0 Å². The standard InChI is InChI=1S/C11H10ClF5/c12-6-2-4-7-8(10(13)14)3-1-5-9(7)11(15,16)17/h1,3,5,10H,2,4,6H2. The maximum Gasteiger partial charge on any atom is 0.416 e. The smallest absolute Gasteiger partial charge is 0.205 e. The Morgan fingerprint density at radius 3 is 2.29 bits per heavy atom. The van der Waals surface area contributed by atoms with Gasteiger partial charge in [0, 0.05) is 11.4 Å². The van der Waals surface area contributed by atoms with Crippen LogP contribution < -0.4 is 0 Å². The first-order valence-electron chi connectivity index (χ1n) is 4.91. The highest BCUT2D eigenvalue weighted by Gasteiger charge is 2.34. The fourth-order valence-corrected chi connectivity index (χ4v) is 1.73. The van der Waals surface area contributed by atoms with Crippen molar-refractivity contribution >= 4 is 11.6 Å². The number of alkyl halides is 6. The fraction of sp³-hybridized carbons (Fsp3) is 0.455. The van der Waals surface area contributed by atoms with Crippen molar-refractivity contribution in [3.8, 4) is 0 Å². The molecule has 1 rings (SSSR count). The molecule has 0 bridgehead atoms. The molecule has 0 aliphatic heterocycles. The lowest BCUT2D eigenvalue weighted by Gasteiger charge is -2.16. The Balaban J connectivity index is 3.24. The minimum Gasteiger partial charge on any atom is -0.205 e. The van der Waals surface area contributed by atoms with Gasteiger partial charge in [-0.25, -0.2) is 8.78 Å². The van der Waals surface area contributed by atoms with Crippen molar-refractivity contribution in [2.45, 2.75) is 25.4 Å². The molecule has 96 valence electrons. The van der Waals surface area contributed by atoms with E-state index in [1.54, 1.807) is 0 Å². The maximum atomic E-state index is 12.6. The monoisotopic (exact) mass is 272 g/mol. The second-order valence-electron chi connectivity index (χ2n) is 3.46. The predicted molar refractivity (Wildman–Crippen MR) is 55.4 cm³/mol. The number of hydrogen-bond donors (Lipinski definition) is 0. The van der Waals surface area contributed by atoms with Gasteiger partial charge in [0.05, 0.1) is 5.56 Å². The highest BCUT2D eigenvalue weighted by atomic mass is 35.5. The molecular formula is C11H10ClF5.